The molecule has 1 aliphatic heterocycles. The van der Waals surface area contributed by atoms with Gasteiger partial charge in [-0.3, -0.25) is 0 Å². The molecule has 1 aliphatic rings. The molecular weight excluding hydrogens is 429 g/mol. The van der Waals surface area contributed by atoms with Crippen molar-refractivity contribution in [3.05, 3.63) is 24.5 Å². The third-order valence-corrected chi connectivity index (χ3v) is 5.44. The SMILES string of the molecule is CCn1c(-c2cnc(C)nc2)nc2c(NC3CCN(C(=O)O)C3CC(F)(F)F)ncnc21. The van der Waals surface area contributed by atoms with E-state index in [2.05, 4.69) is 30.2 Å². The predicted octanol–water partition coefficient (Wildman–Crippen LogP) is 3.10. The normalized spacial score (nSPS) is 19.0. The monoisotopic (exact) mass is 450 g/mol. The summed E-state index contributed by atoms with van der Waals surface area (Å²) in [7, 11) is 0. The average Bonchev–Trinajstić information content (AvgIpc) is 3.29. The Morgan fingerprint density at radius 2 is 1.97 bits per heavy atom. The third-order valence-electron chi connectivity index (χ3n) is 5.44. The van der Waals surface area contributed by atoms with E-state index in [9.17, 15) is 23.1 Å². The summed E-state index contributed by atoms with van der Waals surface area (Å²) in [6, 6.07) is -2.04. The Bertz CT molecular complexity index is 1130. The molecule has 3 aromatic rings. The number of aromatic nitrogens is 6. The molecule has 2 atom stereocenters. The maximum Gasteiger partial charge on any atom is 0.407 e. The van der Waals surface area contributed by atoms with Crippen LogP contribution in [0.4, 0.5) is 23.8 Å². The zero-order valence-electron chi connectivity index (χ0n) is 17.3. The van der Waals surface area contributed by atoms with Crippen molar-refractivity contribution < 1.29 is 23.1 Å². The summed E-state index contributed by atoms with van der Waals surface area (Å²) in [5.74, 6) is 1.41. The molecule has 32 heavy (non-hydrogen) atoms. The van der Waals surface area contributed by atoms with E-state index in [1.807, 2.05) is 11.5 Å². The van der Waals surface area contributed by atoms with Crippen LogP contribution in [0.15, 0.2) is 18.7 Å². The second-order valence-electron chi connectivity index (χ2n) is 7.50. The molecule has 2 N–H and O–H groups in total. The minimum Gasteiger partial charge on any atom is -0.465 e. The van der Waals surface area contributed by atoms with Crippen molar-refractivity contribution in [1.29, 1.82) is 0 Å². The van der Waals surface area contributed by atoms with E-state index in [-0.39, 0.29) is 18.8 Å². The first kappa shape index (κ1) is 21.7. The van der Waals surface area contributed by atoms with Crippen molar-refractivity contribution in [2.24, 2.45) is 0 Å². The summed E-state index contributed by atoms with van der Waals surface area (Å²) in [6.07, 6.45) is -2.35. The molecule has 4 heterocycles. The van der Waals surface area contributed by atoms with Crippen molar-refractivity contribution in [3.63, 3.8) is 0 Å². The summed E-state index contributed by atoms with van der Waals surface area (Å²) in [5.41, 5.74) is 1.54. The molecule has 13 heteroatoms. The number of hydrogen-bond acceptors (Lipinski definition) is 7. The highest BCUT2D eigenvalue weighted by Gasteiger charge is 2.44. The summed E-state index contributed by atoms with van der Waals surface area (Å²) in [5, 5.41) is 12.3. The van der Waals surface area contributed by atoms with Gasteiger partial charge in [0.15, 0.2) is 17.0 Å². The fraction of sp³-hybridized carbons (Fsp3) is 0.474. The van der Waals surface area contributed by atoms with Crippen LogP contribution in [0.3, 0.4) is 0 Å². The molecular formula is C19H21F3N8O2. The highest BCUT2D eigenvalue weighted by Crippen LogP contribution is 2.33. The summed E-state index contributed by atoms with van der Waals surface area (Å²) >= 11 is 0. The van der Waals surface area contributed by atoms with E-state index in [1.54, 1.807) is 19.3 Å². The number of halogens is 3. The number of carboxylic acid groups (broad SMARTS) is 1. The second kappa shape index (κ2) is 8.20. The number of imidazole rings is 1. The van der Waals surface area contributed by atoms with Crippen LogP contribution in [-0.2, 0) is 6.54 Å². The van der Waals surface area contributed by atoms with Crippen LogP contribution in [-0.4, -0.2) is 70.4 Å². The van der Waals surface area contributed by atoms with Crippen molar-refractivity contribution in [2.75, 3.05) is 11.9 Å². The topological polar surface area (TPSA) is 122 Å². The number of aryl methyl sites for hydroxylation is 2. The summed E-state index contributed by atoms with van der Waals surface area (Å²) in [4.78, 5) is 33.8. The minimum atomic E-state index is -4.51. The standard InChI is InChI=1S/C19H21F3N8O2/c1-3-29-16(11-7-23-10(2)24-8-11)28-14-15(25-9-26-17(14)29)27-12-4-5-30(18(31)32)13(12)6-19(20,21)22/h7-9,12-13H,3-6H2,1-2H3,(H,31,32)(H,25,26,27). The number of alkyl halides is 3. The van der Waals surface area contributed by atoms with Crippen LogP contribution in [0.5, 0.6) is 0 Å². The molecule has 1 saturated heterocycles. The molecule has 0 spiro atoms. The van der Waals surface area contributed by atoms with Gasteiger partial charge in [0.25, 0.3) is 0 Å². The largest absolute Gasteiger partial charge is 0.465 e. The number of carbonyl (C=O) groups is 1. The average molecular weight is 450 g/mol. The second-order valence-corrected chi connectivity index (χ2v) is 7.50. The van der Waals surface area contributed by atoms with Gasteiger partial charge in [-0.2, -0.15) is 13.2 Å². The van der Waals surface area contributed by atoms with Crippen molar-refractivity contribution in [2.45, 2.75) is 51.5 Å². The lowest BCUT2D eigenvalue weighted by atomic mass is 10.1. The van der Waals surface area contributed by atoms with Gasteiger partial charge in [0, 0.05) is 25.5 Å². The van der Waals surface area contributed by atoms with Gasteiger partial charge >= 0.3 is 12.3 Å². The third kappa shape index (κ3) is 4.14. The predicted molar refractivity (Wildman–Crippen MR) is 108 cm³/mol. The molecule has 4 rings (SSSR count). The summed E-state index contributed by atoms with van der Waals surface area (Å²) in [6.45, 7) is 4.20. The van der Waals surface area contributed by atoms with Crippen LogP contribution in [0.2, 0.25) is 0 Å². The Morgan fingerprint density at radius 3 is 2.59 bits per heavy atom. The number of fused-ring (bicyclic) bond motifs is 1. The molecule has 170 valence electrons. The first-order valence-corrected chi connectivity index (χ1v) is 10.0. The van der Waals surface area contributed by atoms with Crippen LogP contribution >= 0.6 is 0 Å². The van der Waals surface area contributed by atoms with Crippen LogP contribution in [0.25, 0.3) is 22.6 Å². The Labute approximate surface area is 180 Å². The van der Waals surface area contributed by atoms with E-state index >= 15 is 0 Å². The van der Waals surface area contributed by atoms with E-state index in [0.29, 0.717) is 34.9 Å². The van der Waals surface area contributed by atoms with Gasteiger partial charge in [-0.05, 0) is 20.3 Å². The van der Waals surface area contributed by atoms with E-state index in [0.717, 1.165) is 4.90 Å². The number of rotatable bonds is 5. The lowest BCUT2D eigenvalue weighted by Gasteiger charge is -2.27. The molecule has 10 nitrogen and oxygen atoms in total. The Hall–Kier alpha value is -3.51. The van der Waals surface area contributed by atoms with Crippen LogP contribution in [0.1, 0.15) is 25.6 Å². The Morgan fingerprint density at radius 1 is 1.25 bits per heavy atom. The fourth-order valence-electron chi connectivity index (χ4n) is 3.99. The highest BCUT2D eigenvalue weighted by molar-refractivity contribution is 5.86. The summed E-state index contributed by atoms with van der Waals surface area (Å²) < 4.78 is 41.2. The zero-order chi connectivity index (χ0) is 23.0. The van der Waals surface area contributed by atoms with Gasteiger partial charge in [0.1, 0.15) is 18.0 Å². The zero-order valence-corrected chi connectivity index (χ0v) is 17.3. The molecule has 2 unspecified atom stereocenters. The maximum absolute atomic E-state index is 13.1. The number of anilines is 1. The number of hydrogen-bond donors (Lipinski definition) is 2. The minimum absolute atomic E-state index is 0.00265. The van der Waals surface area contributed by atoms with E-state index in [4.69, 9.17) is 0 Å². The maximum atomic E-state index is 13.1. The molecule has 0 radical (unpaired) electrons. The fourth-order valence-corrected chi connectivity index (χ4v) is 3.99. The molecule has 0 bridgehead atoms. The molecule has 1 fully saturated rings. The van der Waals surface area contributed by atoms with Gasteiger partial charge in [-0.1, -0.05) is 0 Å². The van der Waals surface area contributed by atoms with Crippen molar-refractivity contribution >= 4 is 23.1 Å². The van der Waals surface area contributed by atoms with E-state index in [1.165, 1.54) is 6.33 Å². The Kier molecular flexibility index (Phi) is 5.57. The number of amides is 1. The highest BCUT2D eigenvalue weighted by atomic mass is 19.4. The van der Waals surface area contributed by atoms with Crippen LogP contribution < -0.4 is 5.32 Å². The molecule has 0 saturated carbocycles. The number of nitrogens with zero attached hydrogens (tertiary/aromatic N) is 7. The van der Waals surface area contributed by atoms with Gasteiger partial charge < -0.3 is 19.9 Å². The molecule has 0 aliphatic carbocycles. The van der Waals surface area contributed by atoms with Gasteiger partial charge in [0.2, 0.25) is 0 Å². The van der Waals surface area contributed by atoms with Crippen molar-refractivity contribution in [1.82, 2.24) is 34.4 Å². The molecule has 1 amide bonds. The van der Waals surface area contributed by atoms with Gasteiger partial charge in [0.05, 0.1) is 24.1 Å². The number of nitrogens with one attached hydrogen (secondary N) is 1. The first-order chi connectivity index (χ1) is 15.2. The lowest BCUT2D eigenvalue weighted by molar-refractivity contribution is -0.144. The first-order valence-electron chi connectivity index (χ1n) is 10.0. The van der Waals surface area contributed by atoms with E-state index < -0.39 is 30.8 Å². The quantitative estimate of drug-likeness (QED) is 0.608. The number of likely N-dealkylation sites (tertiary alicyclic amines) is 1. The molecule has 3 aromatic heterocycles. The van der Waals surface area contributed by atoms with Crippen LogP contribution in [0, 0.1) is 6.92 Å². The smallest absolute Gasteiger partial charge is 0.407 e. The van der Waals surface area contributed by atoms with Crippen molar-refractivity contribution in [3.8, 4) is 11.4 Å². The molecule has 0 aromatic carbocycles. The Balaban J connectivity index is 1.72. The van der Waals surface area contributed by atoms with Gasteiger partial charge in [-0.15, -0.1) is 0 Å². The lowest BCUT2D eigenvalue weighted by Crippen LogP contribution is -2.44. The van der Waals surface area contributed by atoms with Gasteiger partial charge in [-0.25, -0.2) is 29.7 Å².